The van der Waals surface area contributed by atoms with Gasteiger partial charge in [0.15, 0.2) is 23.3 Å². The van der Waals surface area contributed by atoms with E-state index < -0.39 is 63.3 Å². The van der Waals surface area contributed by atoms with Crippen molar-refractivity contribution in [3.8, 4) is 22.5 Å². The first-order valence-corrected chi connectivity index (χ1v) is 20.6. The molecule has 0 unspecified atom stereocenters. The molecule has 12 heteroatoms. The third-order valence-corrected chi connectivity index (χ3v) is 14.1. The van der Waals surface area contributed by atoms with Crippen molar-refractivity contribution in [3.63, 3.8) is 0 Å². The average Bonchev–Trinajstić information content (AvgIpc) is 4.02. The second-order valence-electron chi connectivity index (χ2n) is 14.9. The van der Waals surface area contributed by atoms with E-state index in [2.05, 4.69) is 0 Å². The zero-order valence-electron chi connectivity index (χ0n) is 30.9. The van der Waals surface area contributed by atoms with E-state index in [1.54, 1.807) is 48.5 Å². The van der Waals surface area contributed by atoms with Crippen molar-refractivity contribution in [2.45, 2.75) is 6.18 Å². The molecule has 0 radical (unpaired) electrons. The van der Waals surface area contributed by atoms with E-state index >= 15 is 30.7 Å². The minimum Gasteiger partial charge on any atom is -0.307 e. The van der Waals surface area contributed by atoms with Crippen LogP contribution < -0.4 is 0 Å². The van der Waals surface area contributed by atoms with Crippen molar-refractivity contribution < 1.29 is 35.1 Å². The highest BCUT2D eigenvalue weighted by Crippen LogP contribution is 2.50. The number of thiophene rings is 2. The molecule has 0 amide bonds. The molecule has 296 valence electrons. The summed E-state index contributed by atoms with van der Waals surface area (Å²) in [6.45, 7) is 0. The molecule has 0 saturated carbocycles. The van der Waals surface area contributed by atoms with Gasteiger partial charge in [-0.25, -0.2) is 22.0 Å². The summed E-state index contributed by atoms with van der Waals surface area (Å²) in [6.07, 6.45) is -5.10. The highest BCUT2D eigenvalue weighted by Gasteiger charge is 2.39. The van der Waals surface area contributed by atoms with Gasteiger partial charge in [-0.3, -0.25) is 0 Å². The fourth-order valence-corrected chi connectivity index (χ4v) is 11.7. The molecule has 0 aliphatic heterocycles. The van der Waals surface area contributed by atoms with Crippen LogP contribution in [-0.2, 0) is 6.18 Å². The number of benzene rings is 8. The summed E-state index contributed by atoms with van der Waals surface area (Å²) in [6, 6.07) is 38.0. The Morgan fingerprint density at radius 2 is 0.803 bits per heavy atom. The molecule has 12 aromatic rings. The molecular formula is C49H22F8N2S2. The van der Waals surface area contributed by atoms with E-state index in [1.165, 1.54) is 31.8 Å². The number of nitrogens with zero attached hydrogens (tertiary/aromatic N) is 2. The normalized spacial score (nSPS) is 12.6. The number of rotatable bonds is 3. The van der Waals surface area contributed by atoms with Crippen LogP contribution >= 0.6 is 22.7 Å². The van der Waals surface area contributed by atoms with Crippen LogP contribution in [0.15, 0.2) is 133 Å². The van der Waals surface area contributed by atoms with Crippen LogP contribution in [0.25, 0.3) is 106 Å². The first-order valence-electron chi connectivity index (χ1n) is 19.0. The number of halogens is 8. The summed E-state index contributed by atoms with van der Waals surface area (Å²) in [4.78, 5) is 0. The third-order valence-electron chi connectivity index (χ3n) is 11.7. The summed E-state index contributed by atoms with van der Waals surface area (Å²) < 4.78 is 133. The van der Waals surface area contributed by atoms with Gasteiger partial charge in [0.1, 0.15) is 0 Å². The van der Waals surface area contributed by atoms with Crippen LogP contribution in [0.2, 0.25) is 0 Å². The van der Waals surface area contributed by atoms with Crippen molar-refractivity contribution in [2.24, 2.45) is 0 Å². The first kappa shape index (κ1) is 36.1. The van der Waals surface area contributed by atoms with Crippen molar-refractivity contribution in [2.75, 3.05) is 0 Å². The van der Waals surface area contributed by atoms with Gasteiger partial charge in [-0.2, -0.15) is 13.2 Å². The lowest BCUT2D eigenvalue weighted by molar-refractivity contribution is -0.137. The summed E-state index contributed by atoms with van der Waals surface area (Å²) in [5, 5.41) is 5.75. The molecule has 61 heavy (non-hydrogen) atoms. The molecule has 2 nitrogen and oxygen atoms in total. The Hall–Kier alpha value is -6.76. The monoisotopic (exact) mass is 854 g/mol. The van der Waals surface area contributed by atoms with E-state index in [9.17, 15) is 4.39 Å². The van der Waals surface area contributed by atoms with E-state index in [-0.39, 0.29) is 0 Å². The predicted molar refractivity (Wildman–Crippen MR) is 231 cm³/mol. The average molecular weight is 855 g/mol. The smallest absolute Gasteiger partial charge is 0.307 e. The molecule has 0 aliphatic carbocycles. The predicted octanol–water partition coefficient (Wildman–Crippen LogP) is 16.0. The van der Waals surface area contributed by atoms with E-state index in [4.69, 9.17) is 0 Å². The minimum absolute atomic E-state index is 0.341. The Kier molecular flexibility index (Phi) is 7.48. The fraction of sp³-hybridized carbons (Fsp3) is 0.0204. The maximum absolute atomic E-state index is 16.4. The van der Waals surface area contributed by atoms with Gasteiger partial charge in [0.25, 0.3) is 0 Å². The molecule has 12 rings (SSSR count). The Bertz CT molecular complexity index is 3860. The lowest BCUT2D eigenvalue weighted by Crippen LogP contribution is -2.14. The molecule has 0 bridgehead atoms. The van der Waals surface area contributed by atoms with Gasteiger partial charge in [-0.1, -0.05) is 97.1 Å². The third kappa shape index (κ3) is 4.88. The molecule has 0 N–H and O–H groups in total. The number of aromatic nitrogens is 2. The number of hydrogen-bond donors (Lipinski definition) is 0. The molecule has 0 aliphatic rings. The van der Waals surface area contributed by atoms with Gasteiger partial charge in [-0.05, 0) is 36.4 Å². The summed E-state index contributed by atoms with van der Waals surface area (Å²) >= 11 is 2.76. The zero-order chi connectivity index (χ0) is 41.6. The Morgan fingerprint density at radius 3 is 1.30 bits per heavy atom. The van der Waals surface area contributed by atoms with Crippen molar-refractivity contribution in [1.29, 1.82) is 0 Å². The van der Waals surface area contributed by atoms with Crippen LogP contribution in [0.5, 0.6) is 0 Å². The molecule has 0 atom stereocenters. The van der Waals surface area contributed by atoms with Gasteiger partial charge in [0.2, 0.25) is 5.82 Å². The van der Waals surface area contributed by atoms with Crippen LogP contribution in [0, 0.1) is 29.1 Å². The summed E-state index contributed by atoms with van der Waals surface area (Å²) in [7, 11) is 0. The standard InChI is InChI=1S/C49H22F8N2S2/c50-40-39(41(51)43(53)44(54)42(40)52)31-21-36(59-34-14-6-2-10-24(34)28-18-20-30-26-12-4-8-16-38(26)61-48(30)46(28)59)32(49(55,56)57)22-35(31)58-33-13-5-1-9-23(33)27-17-19-29-25-11-3-7-15-37(25)60-47(29)45(27)58/h1-22H. The van der Waals surface area contributed by atoms with Gasteiger partial charge < -0.3 is 9.13 Å². The van der Waals surface area contributed by atoms with Gasteiger partial charge in [-0.15, -0.1) is 22.7 Å². The van der Waals surface area contributed by atoms with Crippen molar-refractivity contribution >= 4 is 107 Å². The molecule has 0 fully saturated rings. The number of alkyl halides is 3. The maximum atomic E-state index is 16.4. The van der Waals surface area contributed by atoms with Crippen LogP contribution in [-0.4, -0.2) is 9.13 Å². The Balaban J connectivity index is 1.32. The minimum atomic E-state index is -5.10. The van der Waals surface area contributed by atoms with Gasteiger partial charge in [0, 0.05) is 58.1 Å². The lowest BCUT2D eigenvalue weighted by Gasteiger charge is -2.23. The lowest BCUT2D eigenvalue weighted by atomic mass is 9.97. The SMILES string of the molecule is Fc1c(F)c(F)c(-c2cc(-n3c4ccccc4c4ccc5c6ccccc6sc5c43)c(C(F)(F)F)cc2-n2c3ccccc3c3ccc4c5ccccc5sc4c32)c(F)c1F. The van der Waals surface area contributed by atoms with E-state index in [0.29, 0.717) is 53.0 Å². The largest absolute Gasteiger partial charge is 0.418 e. The molecule has 4 heterocycles. The van der Waals surface area contributed by atoms with Crippen LogP contribution in [0.3, 0.4) is 0 Å². The van der Waals surface area contributed by atoms with Gasteiger partial charge >= 0.3 is 6.18 Å². The summed E-state index contributed by atoms with van der Waals surface area (Å²) in [5.74, 6) is -11.2. The number of fused-ring (bicyclic) bond motifs is 14. The molecule has 0 saturated heterocycles. The van der Waals surface area contributed by atoms with E-state index in [1.807, 2.05) is 72.8 Å². The molecule has 0 spiro atoms. The van der Waals surface area contributed by atoms with Crippen LogP contribution in [0.1, 0.15) is 5.56 Å². The fourth-order valence-electron chi connectivity index (χ4n) is 9.18. The number of para-hydroxylation sites is 2. The van der Waals surface area contributed by atoms with Gasteiger partial charge in [0.05, 0.1) is 54.0 Å². The maximum Gasteiger partial charge on any atom is 0.418 e. The van der Waals surface area contributed by atoms with Crippen molar-refractivity contribution in [3.05, 3.63) is 168 Å². The van der Waals surface area contributed by atoms with Crippen LogP contribution in [0.4, 0.5) is 35.1 Å². The first-order chi connectivity index (χ1) is 29.5. The van der Waals surface area contributed by atoms with Crippen molar-refractivity contribution in [1.82, 2.24) is 9.13 Å². The second-order valence-corrected chi connectivity index (χ2v) is 17.0. The van der Waals surface area contributed by atoms with E-state index in [0.717, 1.165) is 43.1 Å². The number of hydrogen-bond acceptors (Lipinski definition) is 2. The summed E-state index contributed by atoms with van der Waals surface area (Å²) in [5.41, 5.74) is -2.66. The molecule has 8 aromatic carbocycles. The quantitative estimate of drug-likeness (QED) is 0.0952. The zero-order valence-corrected chi connectivity index (χ0v) is 32.6. The highest BCUT2D eigenvalue weighted by atomic mass is 32.1. The topological polar surface area (TPSA) is 9.86 Å². The molecular weight excluding hydrogens is 833 g/mol. The Morgan fingerprint density at radius 1 is 0.393 bits per heavy atom. The Labute approximate surface area is 346 Å². The molecule has 4 aromatic heterocycles. The second kappa shape index (κ2) is 12.6. The highest BCUT2D eigenvalue weighted by molar-refractivity contribution is 7.27.